The van der Waals surface area contributed by atoms with Crippen molar-refractivity contribution in [3.8, 4) is 0 Å². The molecule has 0 aromatic rings. The molecular weight excluding hydrogens is 120 g/mol. The summed E-state index contributed by atoms with van der Waals surface area (Å²) in [6.45, 7) is -0.257. The number of nitrogens with one attached hydrogen (secondary N) is 2. The molecule has 0 aromatic heterocycles. The Kier molecular flexibility index (Phi) is 3.72. The molecule has 0 heterocycles. The Morgan fingerprint density at radius 1 is 1.11 bits per heavy atom. The Bertz CT molecular complexity index is 55.8. The molecule has 0 fully saturated rings. The van der Waals surface area contributed by atoms with Crippen molar-refractivity contribution in [2.45, 2.75) is 5.66 Å². The van der Waals surface area contributed by atoms with Crippen LogP contribution in [-0.2, 0) is 0 Å². The predicted octanol–water partition coefficient (Wildman–Crippen LogP) is -1.89. The molecule has 4 N–H and O–H groups in total. The van der Waals surface area contributed by atoms with Gasteiger partial charge in [0.15, 0.2) is 0 Å². The van der Waals surface area contributed by atoms with Gasteiger partial charge < -0.3 is 10.2 Å². The molecular formula is C5H14N2O2. The lowest BCUT2D eigenvalue weighted by molar-refractivity contribution is 0.0773. The summed E-state index contributed by atoms with van der Waals surface area (Å²) in [7, 11) is 3.34. The van der Waals surface area contributed by atoms with Crippen molar-refractivity contribution in [1.82, 2.24) is 10.6 Å². The number of hydrogen-bond acceptors (Lipinski definition) is 4. The van der Waals surface area contributed by atoms with Crippen LogP contribution in [0.4, 0.5) is 0 Å². The predicted molar refractivity (Wildman–Crippen MR) is 35.0 cm³/mol. The van der Waals surface area contributed by atoms with Crippen molar-refractivity contribution < 1.29 is 10.2 Å². The van der Waals surface area contributed by atoms with Crippen LogP contribution in [0.25, 0.3) is 0 Å². The van der Waals surface area contributed by atoms with E-state index in [4.69, 9.17) is 10.2 Å². The van der Waals surface area contributed by atoms with Crippen LogP contribution in [0.2, 0.25) is 0 Å². The molecule has 56 valence electrons. The summed E-state index contributed by atoms with van der Waals surface area (Å²) in [6, 6.07) is 0. The summed E-state index contributed by atoms with van der Waals surface area (Å²) in [5.74, 6) is 0. The Morgan fingerprint density at radius 2 is 1.44 bits per heavy atom. The molecule has 0 spiro atoms. The van der Waals surface area contributed by atoms with Crippen LogP contribution in [0.5, 0.6) is 0 Å². The summed E-state index contributed by atoms with van der Waals surface area (Å²) in [4.78, 5) is 0. The number of likely N-dealkylation sites (N-methyl/N-ethyl adjacent to an activating group) is 2. The van der Waals surface area contributed by atoms with Gasteiger partial charge >= 0.3 is 0 Å². The number of rotatable bonds is 4. The summed E-state index contributed by atoms with van der Waals surface area (Å²) in [5, 5.41) is 22.9. The molecule has 0 aromatic carbocycles. The van der Waals surface area contributed by atoms with Gasteiger partial charge in [0, 0.05) is 0 Å². The first-order chi connectivity index (χ1) is 4.24. The summed E-state index contributed by atoms with van der Waals surface area (Å²) in [5.41, 5.74) is -0.722. The van der Waals surface area contributed by atoms with Gasteiger partial charge in [0.1, 0.15) is 5.66 Å². The minimum Gasteiger partial charge on any atom is -0.393 e. The van der Waals surface area contributed by atoms with Crippen LogP contribution in [0.3, 0.4) is 0 Å². The lowest BCUT2D eigenvalue weighted by Gasteiger charge is -2.28. The molecule has 0 unspecified atom stereocenters. The van der Waals surface area contributed by atoms with Crippen molar-refractivity contribution in [2.24, 2.45) is 0 Å². The van der Waals surface area contributed by atoms with Gasteiger partial charge in [0.2, 0.25) is 0 Å². The zero-order valence-electron chi connectivity index (χ0n) is 5.81. The molecule has 0 aliphatic rings. The molecule has 0 rings (SSSR count). The van der Waals surface area contributed by atoms with E-state index in [9.17, 15) is 0 Å². The Balaban J connectivity index is 3.82. The molecule has 0 aliphatic heterocycles. The highest BCUT2D eigenvalue weighted by molar-refractivity contribution is 4.79. The zero-order valence-corrected chi connectivity index (χ0v) is 5.81. The molecule has 0 atom stereocenters. The first-order valence-corrected chi connectivity index (χ1v) is 2.84. The van der Waals surface area contributed by atoms with Crippen LogP contribution in [0.15, 0.2) is 0 Å². The van der Waals surface area contributed by atoms with Crippen molar-refractivity contribution in [2.75, 3.05) is 27.3 Å². The van der Waals surface area contributed by atoms with Crippen molar-refractivity contribution in [1.29, 1.82) is 0 Å². The molecule has 0 amide bonds. The minimum atomic E-state index is -0.722. The Morgan fingerprint density at radius 3 is 1.44 bits per heavy atom. The monoisotopic (exact) mass is 134 g/mol. The number of aliphatic hydroxyl groups excluding tert-OH is 2. The second-order valence-corrected chi connectivity index (χ2v) is 1.90. The summed E-state index contributed by atoms with van der Waals surface area (Å²) in [6.07, 6.45) is 0. The molecule has 0 bridgehead atoms. The molecule has 0 radical (unpaired) electrons. The van der Waals surface area contributed by atoms with E-state index >= 15 is 0 Å². The van der Waals surface area contributed by atoms with Gasteiger partial charge in [-0.1, -0.05) is 0 Å². The smallest absolute Gasteiger partial charge is 0.116 e. The van der Waals surface area contributed by atoms with E-state index in [-0.39, 0.29) is 13.2 Å². The molecule has 9 heavy (non-hydrogen) atoms. The van der Waals surface area contributed by atoms with Crippen LogP contribution < -0.4 is 10.6 Å². The van der Waals surface area contributed by atoms with Crippen molar-refractivity contribution >= 4 is 0 Å². The van der Waals surface area contributed by atoms with E-state index in [1.165, 1.54) is 0 Å². The van der Waals surface area contributed by atoms with E-state index < -0.39 is 5.66 Å². The topological polar surface area (TPSA) is 64.5 Å². The van der Waals surface area contributed by atoms with Gasteiger partial charge in [-0.3, -0.25) is 10.6 Å². The lowest BCUT2D eigenvalue weighted by atomic mass is 10.2. The third-order valence-corrected chi connectivity index (χ3v) is 1.50. The highest BCUT2D eigenvalue weighted by atomic mass is 16.3. The van der Waals surface area contributed by atoms with Gasteiger partial charge in [-0.15, -0.1) is 0 Å². The molecule has 0 saturated heterocycles. The molecule has 4 heteroatoms. The van der Waals surface area contributed by atoms with Gasteiger partial charge in [-0.2, -0.15) is 0 Å². The largest absolute Gasteiger partial charge is 0.393 e. The Labute approximate surface area is 54.9 Å². The van der Waals surface area contributed by atoms with E-state index in [0.717, 1.165) is 0 Å². The van der Waals surface area contributed by atoms with Gasteiger partial charge in [-0.25, -0.2) is 0 Å². The van der Waals surface area contributed by atoms with Crippen LogP contribution in [0.1, 0.15) is 0 Å². The highest BCUT2D eigenvalue weighted by Crippen LogP contribution is 1.92. The van der Waals surface area contributed by atoms with Gasteiger partial charge in [-0.05, 0) is 14.1 Å². The van der Waals surface area contributed by atoms with Crippen molar-refractivity contribution in [3.63, 3.8) is 0 Å². The molecule has 0 aliphatic carbocycles. The summed E-state index contributed by atoms with van der Waals surface area (Å²) < 4.78 is 0. The Hall–Kier alpha value is -0.160. The average Bonchev–Trinajstić information content (AvgIpc) is 1.95. The quantitative estimate of drug-likeness (QED) is 0.339. The summed E-state index contributed by atoms with van der Waals surface area (Å²) >= 11 is 0. The molecule has 4 nitrogen and oxygen atoms in total. The van der Waals surface area contributed by atoms with Gasteiger partial charge in [0.05, 0.1) is 13.2 Å². The SMILES string of the molecule is CNC(CO)(CO)NC. The van der Waals surface area contributed by atoms with Crippen LogP contribution in [-0.4, -0.2) is 43.2 Å². The van der Waals surface area contributed by atoms with Gasteiger partial charge in [0.25, 0.3) is 0 Å². The fourth-order valence-electron chi connectivity index (χ4n) is 0.491. The fourth-order valence-corrected chi connectivity index (χ4v) is 0.491. The highest BCUT2D eigenvalue weighted by Gasteiger charge is 2.22. The maximum Gasteiger partial charge on any atom is 0.116 e. The lowest BCUT2D eigenvalue weighted by Crippen LogP contribution is -2.59. The first-order valence-electron chi connectivity index (χ1n) is 2.84. The minimum absolute atomic E-state index is 0.128. The van der Waals surface area contributed by atoms with E-state index in [1.54, 1.807) is 14.1 Å². The maximum atomic E-state index is 8.69. The maximum absolute atomic E-state index is 8.69. The normalized spacial score (nSPS) is 12.0. The van der Waals surface area contributed by atoms with E-state index in [0.29, 0.717) is 0 Å². The standard InChI is InChI=1S/C5H14N2O2/c1-6-5(3-8,4-9)7-2/h6-9H,3-4H2,1-2H3. The third-order valence-electron chi connectivity index (χ3n) is 1.50. The second kappa shape index (κ2) is 3.79. The zero-order chi connectivity index (χ0) is 7.33. The first kappa shape index (κ1) is 8.84. The average molecular weight is 134 g/mol. The van der Waals surface area contributed by atoms with E-state index in [1.807, 2.05) is 0 Å². The third kappa shape index (κ3) is 1.91. The van der Waals surface area contributed by atoms with E-state index in [2.05, 4.69) is 10.6 Å². The molecule has 0 saturated carbocycles. The van der Waals surface area contributed by atoms with Crippen LogP contribution >= 0.6 is 0 Å². The number of hydrogen-bond donors (Lipinski definition) is 4. The number of aliphatic hydroxyl groups is 2. The second-order valence-electron chi connectivity index (χ2n) is 1.90. The van der Waals surface area contributed by atoms with Crippen LogP contribution in [0, 0.1) is 0 Å². The van der Waals surface area contributed by atoms with Crippen molar-refractivity contribution in [3.05, 3.63) is 0 Å². The fraction of sp³-hybridized carbons (Fsp3) is 1.00.